The Morgan fingerprint density at radius 1 is 1.38 bits per heavy atom. The molecule has 1 N–H and O–H groups in total. The molecule has 1 aliphatic rings. The highest BCUT2D eigenvalue weighted by atomic mass is 19.3. The molecule has 0 radical (unpaired) electrons. The Hall–Kier alpha value is -2.70. The summed E-state index contributed by atoms with van der Waals surface area (Å²) in [7, 11) is 0. The van der Waals surface area contributed by atoms with Crippen LogP contribution in [-0.4, -0.2) is 35.0 Å². The number of rotatable bonds is 7. The largest absolute Gasteiger partial charge is 0.487 e. The van der Waals surface area contributed by atoms with Crippen molar-refractivity contribution < 1.29 is 18.3 Å². The highest BCUT2D eigenvalue weighted by Gasteiger charge is 2.32. The Labute approximate surface area is 151 Å². The third kappa shape index (κ3) is 4.91. The Balaban J connectivity index is 1.68. The van der Waals surface area contributed by atoms with Crippen LogP contribution in [0.2, 0.25) is 0 Å². The van der Waals surface area contributed by atoms with Gasteiger partial charge in [-0.25, -0.2) is 13.6 Å². The summed E-state index contributed by atoms with van der Waals surface area (Å²) in [5, 5.41) is 2.84. The number of halogens is 2. The lowest BCUT2D eigenvalue weighted by Gasteiger charge is -2.23. The Kier molecular flexibility index (Phi) is 5.65. The van der Waals surface area contributed by atoms with E-state index in [1.807, 2.05) is 12.1 Å². The predicted octanol–water partition coefficient (Wildman–Crippen LogP) is 4.23. The summed E-state index contributed by atoms with van der Waals surface area (Å²) >= 11 is 0. The van der Waals surface area contributed by atoms with Crippen molar-refractivity contribution in [2.24, 2.45) is 0 Å². The summed E-state index contributed by atoms with van der Waals surface area (Å²) in [5.41, 5.74) is 2.21. The maximum absolute atomic E-state index is 12.7. The SMILES string of the molecule is Cc1ccc(NC(=O)N(Cc2cccnc2)C2CC2)cc1OCC(F)F. The Bertz CT molecular complexity index is 752. The molecule has 0 saturated heterocycles. The molecule has 1 aromatic heterocycles. The third-order valence-electron chi connectivity index (χ3n) is 4.13. The molecule has 1 aliphatic carbocycles. The highest BCUT2D eigenvalue weighted by molar-refractivity contribution is 5.90. The first kappa shape index (κ1) is 18.1. The molecular formula is C19H21F2N3O2. The second-order valence-corrected chi connectivity index (χ2v) is 6.33. The molecule has 0 aliphatic heterocycles. The number of benzene rings is 1. The summed E-state index contributed by atoms with van der Waals surface area (Å²) in [6.45, 7) is 1.57. The van der Waals surface area contributed by atoms with Gasteiger partial charge in [0, 0.05) is 36.7 Å². The molecule has 7 heteroatoms. The number of aromatic nitrogens is 1. The third-order valence-corrected chi connectivity index (χ3v) is 4.13. The summed E-state index contributed by atoms with van der Waals surface area (Å²) in [6.07, 6.45) is 2.84. The van der Waals surface area contributed by atoms with E-state index in [9.17, 15) is 13.6 Å². The van der Waals surface area contributed by atoms with E-state index >= 15 is 0 Å². The van der Waals surface area contributed by atoms with Gasteiger partial charge >= 0.3 is 6.03 Å². The van der Waals surface area contributed by atoms with Crippen molar-refractivity contribution in [2.75, 3.05) is 11.9 Å². The Morgan fingerprint density at radius 3 is 2.85 bits per heavy atom. The van der Waals surface area contributed by atoms with Crippen LogP contribution in [0, 0.1) is 6.92 Å². The topological polar surface area (TPSA) is 54.5 Å². The van der Waals surface area contributed by atoms with Gasteiger partial charge in [-0.1, -0.05) is 12.1 Å². The molecule has 1 aromatic carbocycles. The second kappa shape index (κ2) is 8.12. The number of urea groups is 1. The van der Waals surface area contributed by atoms with Crippen LogP contribution in [0.4, 0.5) is 19.3 Å². The van der Waals surface area contributed by atoms with Gasteiger partial charge in [0.2, 0.25) is 0 Å². The van der Waals surface area contributed by atoms with Crippen LogP contribution in [0.1, 0.15) is 24.0 Å². The molecule has 5 nitrogen and oxygen atoms in total. The number of amides is 2. The molecule has 3 rings (SSSR count). The number of carbonyl (C=O) groups excluding carboxylic acids is 1. The molecule has 138 valence electrons. The highest BCUT2D eigenvalue weighted by Crippen LogP contribution is 2.30. The van der Waals surface area contributed by atoms with E-state index in [4.69, 9.17) is 4.74 Å². The average Bonchev–Trinajstić information content (AvgIpc) is 3.45. The molecule has 1 heterocycles. The zero-order chi connectivity index (χ0) is 18.5. The van der Waals surface area contributed by atoms with Crippen molar-refractivity contribution in [2.45, 2.75) is 38.8 Å². The second-order valence-electron chi connectivity index (χ2n) is 6.33. The lowest BCUT2D eigenvalue weighted by Crippen LogP contribution is -2.36. The van der Waals surface area contributed by atoms with Crippen LogP contribution in [0.3, 0.4) is 0 Å². The quantitative estimate of drug-likeness (QED) is 0.803. The molecule has 2 aromatic rings. The van der Waals surface area contributed by atoms with E-state index in [1.54, 1.807) is 42.4 Å². The molecule has 1 fully saturated rings. The van der Waals surface area contributed by atoms with Crippen molar-refractivity contribution >= 4 is 11.7 Å². The molecule has 0 unspecified atom stereocenters. The monoisotopic (exact) mass is 361 g/mol. The number of carbonyl (C=O) groups is 1. The maximum Gasteiger partial charge on any atom is 0.322 e. The van der Waals surface area contributed by atoms with Gasteiger partial charge in [-0.3, -0.25) is 4.98 Å². The fourth-order valence-electron chi connectivity index (χ4n) is 2.62. The Morgan fingerprint density at radius 2 is 2.19 bits per heavy atom. The van der Waals surface area contributed by atoms with Gasteiger partial charge in [0.25, 0.3) is 6.43 Å². The zero-order valence-corrected chi connectivity index (χ0v) is 14.5. The van der Waals surface area contributed by atoms with Crippen molar-refractivity contribution in [1.29, 1.82) is 0 Å². The minimum absolute atomic E-state index is 0.218. The van der Waals surface area contributed by atoms with Crippen LogP contribution >= 0.6 is 0 Å². The number of alkyl halides is 2. The lowest BCUT2D eigenvalue weighted by atomic mass is 10.2. The number of nitrogens with zero attached hydrogens (tertiary/aromatic N) is 2. The van der Waals surface area contributed by atoms with Gasteiger partial charge in [0.05, 0.1) is 0 Å². The summed E-state index contributed by atoms with van der Waals surface area (Å²) in [5.74, 6) is 0.341. The fraction of sp³-hybridized carbons (Fsp3) is 0.368. The van der Waals surface area contributed by atoms with Crippen LogP contribution in [0.5, 0.6) is 5.75 Å². The molecule has 0 atom stereocenters. The fourth-order valence-corrected chi connectivity index (χ4v) is 2.62. The first-order valence-electron chi connectivity index (χ1n) is 8.51. The number of hydrogen-bond donors (Lipinski definition) is 1. The predicted molar refractivity (Wildman–Crippen MR) is 94.5 cm³/mol. The van der Waals surface area contributed by atoms with Crippen LogP contribution in [0.15, 0.2) is 42.7 Å². The smallest absolute Gasteiger partial charge is 0.322 e. The van der Waals surface area contributed by atoms with Crippen LogP contribution < -0.4 is 10.1 Å². The van der Waals surface area contributed by atoms with Crippen molar-refractivity contribution in [3.8, 4) is 5.75 Å². The zero-order valence-electron chi connectivity index (χ0n) is 14.5. The van der Waals surface area contributed by atoms with E-state index in [0.717, 1.165) is 24.0 Å². The molecule has 0 spiro atoms. The van der Waals surface area contributed by atoms with Crippen molar-refractivity contribution in [3.05, 3.63) is 53.9 Å². The van der Waals surface area contributed by atoms with Gasteiger partial charge in [0.15, 0.2) is 0 Å². The van der Waals surface area contributed by atoms with Crippen molar-refractivity contribution in [1.82, 2.24) is 9.88 Å². The minimum atomic E-state index is -2.54. The number of aryl methyl sites for hydroxylation is 1. The molecular weight excluding hydrogens is 340 g/mol. The summed E-state index contributed by atoms with van der Waals surface area (Å²) in [4.78, 5) is 18.5. The number of nitrogens with one attached hydrogen (secondary N) is 1. The standard InChI is InChI=1S/C19H21F2N3O2/c1-13-4-5-15(9-17(13)26-12-18(20)21)23-19(25)24(16-6-7-16)11-14-3-2-8-22-10-14/h2-5,8-10,16,18H,6-7,11-12H2,1H3,(H,23,25). The van der Waals surface area contributed by atoms with E-state index in [-0.39, 0.29) is 12.1 Å². The number of hydrogen-bond acceptors (Lipinski definition) is 3. The molecule has 2 amide bonds. The first-order chi connectivity index (χ1) is 12.5. The number of pyridine rings is 1. The lowest BCUT2D eigenvalue weighted by molar-refractivity contribution is 0.0816. The number of ether oxygens (including phenoxy) is 1. The van der Waals surface area contributed by atoms with Crippen LogP contribution in [0.25, 0.3) is 0 Å². The van der Waals surface area contributed by atoms with E-state index in [1.165, 1.54) is 0 Å². The van der Waals surface area contributed by atoms with Gasteiger partial charge < -0.3 is 15.0 Å². The van der Waals surface area contributed by atoms with Crippen LogP contribution in [-0.2, 0) is 6.54 Å². The van der Waals surface area contributed by atoms with Gasteiger partial charge in [-0.05, 0) is 43.0 Å². The van der Waals surface area contributed by atoms with E-state index in [2.05, 4.69) is 10.3 Å². The van der Waals surface area contributed by atoms with Gasteiger partial charge in [-0.2, -0.15) is 0 Å². The van der Waals surface area contributed by atoms with E-state index in [0.29, 0.717) is 18.0 Å². The maximum atomic E-state index is 12.7. The van der Waals surface area contributed by atoms with Gasteiger partial charge in [0.1, 0.15) is 12.4 Å². The van der Waals surface area contributed by atoms with E-state index < -0.39 is 13.0 Å². The molecule has 0 bridgehead atoms. The summed E-state index contributed by atoms with van der Waals surface area (Å²) < 4.78 is 29.8. The molecule has 1 saturated carbocycles. The minimum Gasteiger partial charge on any atom is -0.487 e. The first-order valence-corrected chi connectivity index (χ1v) is 8.51. The normalized spacial score (nSPS) is 13.5. The average molecular weight is 361 g/mol. The number of anilines is 1. The molecule has 26 heavy (non-hydrogen) atoms. The summed E-state index contributed by atoms with van der Waals surface area (Å²) in [6, 6.07) is 8.81. The van der Waals surface area contributed by atoms with Crippen molar-refractivity contribution in [3.63, 3.8) is 0 Å². The van der Waals surface area contributed by atoms with Gasteiger partial charge in [-0.15, -0.1) is 0 Å².